The maximum atomic E-state index is 13.6. The first-order valence-electron chi connectivity index (χ1n) is 8.58. The first-order valence-corrected chi connectivity index (χ1v) is 8.58. The molecule has 0 aliphatic rings. The number of nitrogens with zero attached hydrogens (tertiary/aromatic N) is 2. The largest absolute Gasteiger partial charge is 0.392 e. The molecule has 3 aromatic rings. The third-order valence-corrected chi connectivity index (χ3v) is 4.42. The van der Waals surface area contributed by atoms with E-state index in [2.05, 4.69) is 5.32 Å². The Bertz CT molecular complexity index is 1160. The Morgan fingerprint density at radius 1 is 1.10 bits per heavy atom. The second-order valence-electron chi connectivity index (χ2n) is 6.45. The predicted molar refractivity (Wildman–Crippen MR) is 101 cm³/mol. The van der Waals surface area contributed by atoms with E-state index in [1.807, 2.05) is 6.07 Å². The van der Waals surface area contributed by atoms with E-state index in [9.17, 15) is 28.3 Å². The third kappa shape index (κ3) is 4.15. The second-order valence-corrected chi connectivity index (χ2v) is 6.45. The highest BCUT2D eigenvalue weighted by Crippen LogP contribution is 2.25. The smallest absolute Gasteiger partial charge is 0.201 e. The summed E-state index contributed by atoms with van der Waals surface area (Å²) in [5.74, 6) is -4.12. The molecule has 0 spiro atoms. The van der Waals surface area contributed by atoms with Gasteiger partial charge < -0.3 is 15.0 Å². The fourth-order valence-corrected chi connectivity index (χ4v) is 2.88. The standard InChI is InChI=1S/C21H16F3N3O2/c1-12-2-3-13(11-28)8-18(12)26-21-15(9-25)19(29)4-5-27(21)10-14-6-16(22)20(24)17(23)7-14/h2-8,26,28H,10-11H2,1H3. The third-order valence-electron chi connectivity index (χ3n) is 4.42. The van der Waals surface area contributed by atoms with Crippen LogP contribution in [0.25, 0.3) is 0 Å². The molecule has 0 saturated carbocycles. The first-order chi connectivity index (χ1) is 13.8. The highest BCUT2D eigenvalue weighted by molar-refractivity contribution is 5.66. The van der Waals surface area contributed by atoms with Crippen LogP contribution in [0.15, 0.2) is 47.4 Å². The van der Waals surface area contributed by atoms with Crippen molar-refractivity contribution in [1.29, 1.82) is 5.26 Å². The van der Waals surface area contributed by atoms with Crippen molar-refractivity contribution >= 4 is 11.5 Å². The molecule has 148 valence electrons. The van der Waals surface area contributed by atoms with E-state index in [-0.39, 0.29) is 30.1 Å². The fraction of sp³-hybridized carbons (Fsp3) is 0.143. The quantitative estimate of drug-likeness (QED) is 0.641. The van der Waals surface area contributed by atoms with Crippen LogP contribution in [-0.2, 0) is 13.2 Å². The van der Waals surface area contributed by atoms with E-state index >= 15 is 0 Å². The van der Waals surface area contributed by atoms with Gasteiger partial charge in [-0.2, -0.15) is 5.26 Å². The number of nitriles is 1. The molecule has 0 radical (unpaired) electrons. The van der Waals surface area contributed by atoms with E-state index in [1.165, 1.54) is 10.8 Å². The number of aryl methyl sites for hydroxylation is 1. The molecule has 0 atom stereocenters. The van der Waals surface area contributed by atoms with Gasteiger partial charge in [-0.1, -0.05) is 12.1 Å². The minimum absolute atomic E-state index is 0.109. The molecule has 1 aromatic heterocycles. The maximum Gasteiger partial charge on any atom is 0.201 e. The van der Waals surface area contributed by atoms with E-state index in [4.69, 9.17) is 0 Å². The van der Waals surface area contributed by atoms with Gasteiger partial charge in [-0.25, -0.2) is 13.2 Å². The number of hydrogen-bond acceptors (Lipinski definition) is 4. The maximum absolute atomic E-state index is 13.6. The Morgan fingerprint density at radius 2 is 1.79 bits per heavy atom. The SMILES string of the molecule is Cc1ccc(CO)cc1Nc1c(C#N)c(=O)ccn1Cc1cc(F)c(F)c(F)c1. The molecule has 0 aliphatic heterocycles. The molecule has 0 aliphatic carbocycles. The summed E-state index contributed by atoms with van der Waals surface area (Å²) >= 11 is 0. The number of rotatable bonds is 5. The minimum Gasteiger partial charge on any atom is -0.392 e. The summed E-state index contributed by atoms with van der Waals surface area (Å²) in [6, 6.07) is 9.86. The van der Waals surface area contributed by atoms with Crippen LogP contribution in [0.2, 0.25) is 0 Å². The van der Waals surface area contributed by atoms with Crippen LogP contribution in [0.4, 0.5) is 24.7 Å². The molecule has 0 unspecified atom stereocenters. The monoisotopic (exact) mass is 399 g/mol. The first kappa shape index (κ1) is 20.2. The topological polar surface area (TPSA) is 78.1 Å². The van der Waals surface area contributed by atoms with Gasteiger partial charge in [0.05, 0.1) is 6.61 Å². The van der Waals surface area contributed by atoms with Crippen molar-refractivity contribution in [2.45, 2.75) is 20.1 Å². The van der Waals surface area contributed by atoms with E-state index in [1.54, 1.807) is 25.1 Å². The summed E-state index contributed by atoms with van der Waals surface area (Å²) in [5.41, 5.74) is 1.33. The Hall–Kier alpha value is -3.57. The Kier molecular flexibility index (Phi) is 5.71. The van der Waals surface area contributed by atoms with Gasteiger partial charge in [-0.05, 0) is 41.8 Å². The van der Waals surface area contributed by atoms with E-state index in [0.29, 0.717) is 11.3 Å². The van der Waals surface area contributed by atoms with Crippen LogP contribution in [-0.4, -0.2) is 9.67 Å². The van der Waals surface area contributed by atoms with Crippen LogP contribution in [0.1, 0.15) is 22.3 Å². The van der Waals surface area contributed by atoms with Gasteiger partial charge in [0.25, 0.3) is 0 Å². The van der Waals surface area contributed by atoms with E-state index < -0.39 is 22.9 Å². The molecule has 1 heterocycles. The molecule has 2 N–H and O–H groups in total. The minimum atomic E-state index is -1.57. The summed E-state index contributed by atoms with van der Waals surface area (Å²) in [6.07, 6.45) is 1.37. The molecule has 0 bridgehead atoms. The molecule has 29 heavy (non-hydrogen) atoms. The number of benzene rings is 2. The van der Waals surface area contributed by atoms with Crippen LogP contribution < -0.4 is 10.7 Å². The highest BCUT2D eigenvalue weighted by Gasteiger charge is 2.15. The van der Waals surface area contributed by atoms with Crippen molar-refractivity contribution in [1.82, 2.24) is 4.57 Å². The average Bonchev–Trinajstić information content (AvgIpc) is 2.70. The van der Waals surface area contributed by atoms with Crippen molar-refractivity contribution in [3.63, 3.8) is 0 Å². The number of aliphatic hydroxyl groups is 1. The molecule has 0 fully saturated rings. The number of halogens is 3. The van der Waals surface area contributed by atoms with Crippen LogP contribution in [0.3, 0.4) is 0 Å². The lowest BCUT2D eigenvalue weighted by atomic mass is 10.1. The number of anilines is 2. The Morgan fingerprint density at radius 3 is 2.41 bits per heavy atom. The number of hydrogen-bond donors (Lipinski definition) is 2. The zero-order chi connectivity index (χ0) is 21.1. The summed E-state index contributed by atoms with van der Waals surface area (Å²) < 4.78 is 41.8. The summed E-state index contributed by atoms with van der Waals surface area (Å²) in [7, 11) is 0. The van der Waals surface area contributed by atoms with Crippen molar-refractivity contribution in [3.8, 4) is 6.07 Å². The zero-order valence-corrected chi connectivity index (χ0v) is 15.3. The lowest BCUT2D eigenvalue weighted by Crippen LogP contribution is -2.17. The molecular weight excluding hydrogens is 383 g/mol. The number of nitrogens with one attached hydrogen (secondary N) is 1. The molecule has 0 saturated heterocycles. The van der Waals surface area contributed by atoms with Crippen molar-refractivity contribution in [3.05, 3.63) is 92.5 Å². The Labute approximate surface area is 164 Å². The summed E-state index contributed by atoms with van der Waals surface area (Å²) in [5, 5.41) is 21.8. The lowest BCUT2D eigenvalue weighted by molar-refractivity contribution is 0.282. The predicted octanol–water partition coefficient (Wildman–Crippen LogP) is 3.73. The van der Waals surface area contributed by atoms with E-state index in [0.717, 1.165) is 23.8 Å². The highest BCUT2D eigenvalue weighted by atomic mass is 19.2. The number of aliphatic hydroxyl groups excluding tert-OH is 1. The summed E-state index contributed by atoms with van der Waals surface area (Å²) in [4.78, 5) is 12.1. The van der Waals surface area contributed by atoms with Crippen LogP contribution >= 0.6 is 0 Å². The molecule has 8 heteroatoms. The molecule has 2 aromatic carbocycles. The molecular formula is C21H16F3N3O2. The zero-order valence-electron chi connectivity index (χ0n) is 15.3. The molecule has 0 amide bonds. The van der Waals surface area contributed by atoms with Gasteiger partial charge in [-0.3, -0.25) is 4.79 Å². The fourth-order valence-electron chi connectivity index (χ4n) is 2.88. The lowest BCUT2D eigenvalue weighted by Gasteiger charge is -2.18. The van der Waals surface area contributed by atoms with Gasteiger partial charge in [0.15, 0.2) is 17.5 Å². The van der Waals surface area contributed by atoms with Gasteiger partial charge in [0.1, 0.15) is 17.5 Å². The van der Waals surface area contributed by atoms with Gasteiger partial charge in [-0.15, -0.1) is 0 Å². The number of pyridine rings is 1. The Balaban J connectivity index is 2.10. The average molecular weight is 399 g/mol. The van der Waals surface area contributed by atoms with Gasteiger partial charge in [0.2, 0.25) is 5.43 Å². The normalized spacial score (nSPS) is 10.6. The molecule has 5 nitrogen and oxygen atoms in total. The van der Waals surface area contributed by atoms with Crippen LogP contribution in [0, 0.1) is 35.7 Å². The van der Waals surface area contributed by atoms with Crippen molar-refractivity contribution in [2.75, 3.05) is 5.32 Å². The number of aromatic nitrogens is 1. The van der Waals surface area contributed by atoms with Crippen molar-refractivity contribution < 1.29 is 18.3 Å². The second kappa shape index (κ2) is 8.20. The van der Waals surface area contributed by atoms with Crippen LogP contribution in [0.5, 0.6) is 0 Å². The summed E-state index contributed by atoms with van der Waals surface area (Å²) in [6.45, 7) is 1.48. The molecule has 3 rings (SSSR count). The van der Waals surface area contributed by atoms with Gasteiger partial charge >= 0.3 is 0 Å². The van der Waals surface area contributed by atoms with Gasteiger partial charge in [0, 0.05) is 24.5 Å². The van der Waals surface area contributed by atoms with Crippen molar-refractivity contribution in [2.24, 2.45) is 0 Å².